The molecule has 0 aliphatic carbocycles. The lowest BCUT2D eigenvalue weighted by Gasteiger charge is -2.11. The molecule has 0 heterocycles. The van der Waals surface area contributed by atoms with Crippen molar-refractivity contribution in [1.82, 2.24) is 0 Å². The largest absolute Gasteiger partial charge is 0.494 e. The molecule has 8 nitrogen and oxygen atoms in total. The first-order valence-corrected chi connectivity index (χ1v) is 10.1. The number of benzene rings is 3. The molecule has 0 atom stereocenters. The fraction of sp³-hybridized carbons (Fsp3) is 0.125. The standard InChI is InChI=1S/C24H21ClN2O6/c1-31-22-14-19(27(29)30)9-10-20(22)26-24(28)12-6-16-5-11-21(23(13-16)32-2)33-15-17-3-7-18(25)8-4-17/h3-14H,15H2,1-2H3,(H,26,28). The van der Waals surface area contributed by atoms with Gasteiger partial charge in [0.2, 0.25) is 5.91 Å². The molecule has 1 N–H and O–H groups in total. The molecule has 0 radical (unpaired) electrons. The van der Waals surface area contributed by atoms with Gasteiger partial charge in [0.15, 0.2) is 11.5 Å². The molecule has 170 valence electrons. The van der Waals surface area contributed by atoms with Crippen molar-refractivity contribution in [2.24, 2.45) is 0 Å². The molecule has 9 heteroatoms. The number of non-ortho nitro benzene ring substituents is 1. The minimum Gasteiger partial charge on any atom is -0.494 e. The molecule has 1 amide bonds. The van der Waals surface area contributed by atoms with E-state index in [1.807, 2.05) is 12.1 Å². The molecule has 0 aliphatic heterocycles. The maximum absolute atomic E-state index is 12.3. The molecule has 33 heavy (non-hydrogen) atoms. The minimum atomic E-state index is -0.537. The first-order valence-electron chi connectivity index (χ1n) is 9.76. The number of carbonyl (C=O) groups is 1. The number of amides is 1. The maximum atomic E-state index is 12.3. The second-order valence-electron chi connectivity index (χ2n) is 6.79. The van der Waals surface area contributed by atoms with Gasteiger partial charge in [-0.1, -0.05) is 29.8 Å². The van der Waals surface area contributed by atoms with Gasteiger partial charge >= 0.3 is 0 Å². The number of rotatable bonds is 9. The van der Waals surface area contributed by atoms with Crippen LogP contribution in [0.1, 0.15) is 11.1 Å². The number of ether oxygens (including phenoxy) is 3. The minimum absolute atomic E-state index is 0.133. The highest BCUT2D eigenvalue weighted by Gasteiger charge is 2.12. The van der Waals surface area contributed by atoms with E-state index in [-0.39, 0.29) is 11.4 Å². The van der Waals surface area contributed by atoms with Crippen molar-refractivity contribution in [3.05, 3.63) is 93.0 Å². The summed E-state index contributed by atoms with van der Waals surface area (Å²) in [7, 11) is 2.90. The van der Waals surface area contributed by atoms with E-state index in [2.05, 4.69) is 5.32 Å². The van der Waals surface area contributed by atoms with Gasteiger partial charge in [-0.15, -0.1) is 0 Å². The Balaban J connectivity index is 1.66. The molecule has 3 rings (SSSR count). The lowest BCUT2D eigenvalue weighted by atomic mass is 10.2. The van der Waals surface area contributed by atoms with Crippen molar-refractivity contribution in [2.75, 3.05) is 19.5 Å². The number of methoxy groups -OCH3 is 2. The van der Waals surface area contributed by atoms with Gasteiger partial charge < -0.3 is 19.5 Å². The van der Waals surface area contributed by atoms with Crippen molar-refractivity contribution in [1.29, 1.82) is 0 Å². The van der Waals surface area contributed by atoms with Gasteiger partial charge in [0.05, 0.1) is 30.9 Å². The summed E-state index contributed by atoms with van der Waals surface area (Å²) in [4.78, 5) is 22.7. The van der Waals surface area contributed by atoms with E-state index < -0.39 is 10.8 Å². The molecule has 0 fully saturated rings. The van der Waals surface area contributed by atoms with E-state index in [0.29, 0.717) is 28.8 Å². The zero-order chi connectivity index (χ0) is 23.8. The Morgan fingerprint density at radius 1 is 1.00 bits per heavy atom. The number of halogens is 1. The number of hydrogen-bond acceptors (Lipinski definition) is 6. The van der Waals surface area contributed by atoms with Crippen molar-refractivity contribution in [2.45, 2.75) is 6.61 Å². The second-order valence-corrected chi connectivity index (χ2v) is 7.23. The number of carbonyl (C=O) groups excluding carboxylic acids is 1. The normalized spacial score (nSPS) is 10.6. The lowest BCUT2D eigenvalue weighted by molar-refractivity contribution is -0.384. The van der Waals surface area contributed by atoms with Gasteiger partial charge in [0.1, 0.15) is 12.4 Å². The number of nitro benzene ring substituents is 1. The average Bonchev–Trinajstić information content (AvgIpc) is 2.82. The first kappa shape index (κ1) is 23.6. The monoisotopic (exact) mass is 468 g/mol. The van der Waals surface area contributed by atoms with Crippen LogP contribution < -0.4 is 19.5 Å². The van der Waals surface area contributed by atoms with Crippen LogP contribution in [0.4, 0.5) is 11.4 Å². The van der Waals surface area contributed by atoms with E-state index in [9.17, 15) is 14.9 Å². The molecule has 0 saturated carbocycles. The third kappa shape index (κ3) is 6.47. The average molecular weight is 469 g/mol. The third-order valence-corrected chi connectivity index (χ3v) is 4.83. The summed E-state index contributed by atoms with van der Waals surface area (Å²) in [6, 6.07) is 16.6. The van der Waals surface area contributed by atoms with E-state index in [1.54, 1.807) is 36.4 Å². The second kappa shape index (κ2) is 11.0. The van der Waals surface area contributed by atoms with Crippen LogP contribution in [0, 0.1) is 10.1 Å². The van der Waals surface area contributed by atoms with Crippen LogP contribution in [-0.2, 0) is 11.4 Å². The van der Waals surface area contributed by atoms with Gasteiger partial charge in [-0.3, -0.25) is 14.9 Å². The van der Waals surface area contributed by atoms with Crippen LogP contribution in [0.2, 0.25) is 5.02 Å². The Labute approximate surface area is 195 Å². The van der Waals surface area contributed by atoms with Gasteiger partial charge in [-0.05, 0) is 47.5 Å². The summed E-state index contributed by atoms with van der Waals surface area (Å²) >= 11 is 5.90. The maximum Gasteiger partial charge on any atom is 0.273 e. The number of nitro groups is 1. The smallest absolute Gasteiger partial charge is 0.273 e. The summed E-state index contributed by atoms with van der Waals surface area (Å²) in [5.74, 6) is 0.840. The molecule has 0 bridgehead atoms. The molecule has 0 aliphatic rings. The molecular formula is C24H21ClN2O6. The Morgan fingerprint density at radius 3 is 2.39 bits per heavy atom. The number of nitrogens with zero attached hydrogens (tertiary/aromatic N) is 1. The number of hydrogen-bond donors (Lipinski definition) is 1. The zero-order valence-corrected chi connectivity index (χ0v) is 18.7. The van der Waals surface area contributed by atoms with Crippen molar-refractivity contribution >= 4 is 35.0 Å². The van der Waals surface area contributed by atoms with E-state index in [0.717, 1.165) is 11.1 Å². The molecule has 3 aromatic rings. The quantitative estimate of drug-likeness (QED) is 0.253. The fourth-order valence-electron chi connectivity index (χ4n) is 2.89. The number of anilines is 1. The van der Waals surface area contributed by atoms with Gasteiger partial charge in [-0.25, -0.2) is 0 Å². The molecule has 0 spiro atoms. The fourth-order valence-corrected chi connectivity index (χ4v) is 3.02. The highest BCUT2D eigenvalue weighted by Crippen LogP contribution is 2.30. The van der Waals surface area contributed by atoms with Crippen molar-refractivity contribution < 1.29 is 23.9 Å². The highest BCUT2D eigenvalue weighted by molar-refractivity contribution is 6.30. The Bertz CT molecular complexity index is 1180. The van der Waals surface area contributed by atoms with E-state index in [4.69, 9.17) is 25.8 Å². The highest BCUT2D eigenvalue weighted by atomic mass is 35.5. The SMILES string of the molecule is COc1cc([N+](=O)[O-])ccc1NC(=O)C=Cc1ccc(OCc2ccc(Cl)cc2)c(OC)c1. The summed E-state index contributed by atoms with van der Waals surface area (Å²) in [5, 5.41) is 14.2. The van der Waals surface area contributed by atoms with E-state index >= 15 is 0 Å². The van der Waals surface area contributed by atoms with Gasteiger partial charge in [0, 0.05) is 17.2 Å². The summed E-state index contributed by atoms with van der Waals surface area (Å²) in [6.45, 7) is 0.349. The van der Waals surface area contributed by atoms with Crippen LogP contribution in [0.5, 0.6) is 17.2 Å². The lowest BCUT2D eigenvalue weighted by Crippen LogP contribution is -2.09. The van der Waals surface area contributed by atoms with Crippen molar-refractivity contribution in [3.63, 3.8) is 0 Å². The molecular weight excluding hydrogens is 448 g/mol. The van der Waals surface area contributed by atoms with Crippen LogP contribution in [0.15, 0.2) is 66.7 Å². The summed E-state index contributed by atoms with van der Waals surface area (Å²) in [5.41, 5.74) is 1.87. The molecule has 0 saturated heterocycles. The summed E-state index contributed by atoms with van der Waals surface area (Å²) < 4.78 is 16.4. The first-order chi connectivity index (χ1) is 15.9. The molecule has 3 aromatic carbocycles. The van der Waals surface area contributed by atoms with Gasteiger partial charge in [0.25, 0.3) is 5.69 Å². The molecule has 0 aromatic heterocycles. The predicted molar refractivity (Wildman–Crippen MR) is 126 cm³/mol. The Hall–Kier alpha value is -4.04. The summed E-state index contributed by atoms with van der Waals surface area (Å²) in [6.07, 6.45) is 2.95. The topological polar surface area (TPSA) is 99.9 Å². The number of nitrogens with one attached hydrogen (secondary N) is 1. The Kier molecular flexibility index (Phi) is 7.88. The van der Waals surface area contributed by atoms with Crippen LogP contribution in [-0.4, -0.2) is 25.1 Å². The van der Waals surface area contributed by atoms with Crippen molar-refractivity contribution in [3.8, 4) is 17.2 Å². The van der Waals surface area contributed by atoms with Crippen LogP contribution in [0.25, 0.3) is 6.08 Å². The Morgan fingerprint density at radius 2 is 1.73 bits per heavy atom. The van der Waals surface area contributed by atoms with E-state index in [1.165, 1.54) is 38.5 Å². The predicted octanol–water partition coefficient (Wildman–Crippen LogP) is 5.50. The van der Waals surface area contributed by atoms with Crippen LogP contribution in [0.3, 0.4) is 0 Å². The zero-order valence-electron chi connectivity index (χ0n) is 17.9. The third-order valence-electron chi connectivity index (χ3n) is 4.58. The molecule has 0 unspecified atom stereocenters. The van der Waals surface area contributed by atoms with Crippen LogP contribution >= 0.6 is 11.6 Å². The van der Waals surface area contributed by atoms with Gasteiger partial charge in [-0.2, -0.15) is 0 Å².